The fourth-order valence-corrected chi connectivity index (χ4v) is 5.50. The van der Waals surface area contributed by atoms with Crippen LogP contribution < -0.4 is 15.4 Å². The predicted molar refractivity (Wildman–Crippen MR) is 165 cm³/mol. The number of carbonyl (C=O) groups is 1. The van der Waals surface area contributed by atoms with Crippen LogP contribution in [0.3, 0.4) is 0 Å². The maximum Gasteiger partial charge on any atom is 0.416 e. The number of halogens is 4. The number of anilines is 2. The van der Waals surface area contributed by atoms with Crippen molar-refractivity contribution in [3.8, 4) is 5.75 Å². The van der Waals surface area contributed by atoms with Crippen LogP contribution in [0.1, 0.15) is 24.0 Å². The highest BCUT2D eigenvalue weighted by Crippen LogP contribution is 2.36. The van der Waals surface area contributed by atoms with E-state index in [1.165, 1.54) is 17.3 Å². The number of nitrogens with one attached hydrogen (secondary N) is 2. The molecule has 2 aliphatic heterocycles. The number of benzene rings is 1. The molecule has 242 valence electrons. The molecule has 4 heterocycles. The van der Waals surface area contributed by atoms with E-state index in [0.717, 1.165) is 31.2 Å². The molecule has 1 amide bonds. The molecular weight excluding hydrogens is 627 g/mol. The lowest BCUT2D eigenvalue weighted by molar-refractivity contribution is -0.529. The molecule has 1 aromatic carbocycles. The van der Waals surface area contributed by atoms with E-state index in [-0.39, 0.29) is 45.6 Å². The molecule has 0 unspecified atom stereocenters. The second-order valence-corrected chi connectivity index (χ2v) is 11.6. The lowest BCUT2D eigenvalue weighted by Gasteiger charge is -2.27. The summed E-state index contributed by atoms with van der Waals surface area (Å²) in [6, 6.07) is 3.86. The van der Waals surface area contributed by atoms with Crippen molar-refractivity contribution in [3.05, 3.63) is 64.0 Å². The molecule has 0 bridgehead atoms. The highest BCUT2D eigenvalue weighted by Gasteiger charge is 2.34. The summed E-state index contributed by atoms with van der Waals surface area (Å²) in [7, 11) is 3.33. The Morgan fingerprint density at radius 1 is 1.28 bits per heavy atom. The smallest absolute Gasteiger partial charge is 0.416 e. The third-order valence-corrected chi connectivity index (χ3v) is 8.24. The van der Waals surface area contributed by atoms with Gasteiger partial charge in [0.2, 0.25) is 17.6 Å². The first-order valence-electron chi connectivity index (χ1n) is 14.6. The molecule has 3 aromatic rings. The topological polar surface area (TPSA) is 138 Å². The summed E-state index contributed by atoms with van der Waals surface area (Å²) in [5.74, 6) is 1.04. The minimum atomic E-state index is -4.54. The number of nitrogens with two attached hydrogens (primary N) is 1. The number of alkyl halides is 3. The average Bonchev–Trinajstić information content (AvgIpc) is 3.84. The number of hydrogen-bond acceptors (Lipinski definition) is 9. The Morgan fingerprint density at radius 3 is 2.70 bits per heavy atom. The summed E-state index contributed by atoms with van der Waals surface area (Å²) in [4.78, 5) is 29.1. The number of quaternary nitrogens is 1. The van der Waals surface area contributed by atoms with Gasteiger partial charge < -0.3 is 24.8 Å². The number of fused-ring (bicyclic) bond motifs is 1. The zero-order valence-electron chi connectivity index (χ0n) is 25.1. The van der Waals surface area contributed by atoms with Gasteiger partial charge in [0.15, 0.2) is 22.9 Å². The summed E-state index contributed by atoms with van der Waals surface area (Å²) >= 11 is 6.74. The number of ether oxygens (including phenoxy) is 2. The van der Waals surface area contributed by atoms with Gasteiger partial charge in [-0.3, -0.25) is 19.9 Å². The van der Waals surface area contributed by atoms with Crippen LogP contribution in [0.4, 0.5) is 24.8 Å². The van der Waals surface area contributed by atoms with Crippen LogP contribution in [0, 0.1) is 11.3 Å². The number of hydrogen-bond donors (Lipinski definition) is 3. The van der Waals surface area contributed by atoms with Gasteiger partial charge >= 0.3 is 6.18 Å². The van der Waals surface area contributed by atoms with Gasteiger partial charge in [0.05, 0.1) is 37.4 Å². The third-order valence-electron chi connectivity index (χ3n) is 7.88. The van der Waals surface area contributed by atoms with Gasteiger partial charge in [-0.1, -0.05) is 11.6 Å². The molecule has 0 spiro atoms. The van der Waals surface area contributed by atoms with Crippen LogP contribution in [-0.2, 0) is 29.3 Å². The zero-order valence-corrected chi connectivity index (χ0v) is 25.8. The van der Waals surface area contributed by atoms with E-state index < -0.39 is 11.7 Å². The second-order valence-electron chi connectivity index (χ2n) is 11.2. The first-order valence-corrected chi connectivity index (χ1v) is 15.0. The number of aryl methyl sites for hydroxylation is 1. The number of allylic oxidation sites excluding steroid dienone is 2. The molecule has 1 saturated carbocycles. The Hall–Kier alpha value is -4.31. The third kappa shape index (κ3) is 6.77. The van der Waals surface area contributed by atoms with Crippen molar-refractivity contribution < 1.29 is 32.8 Å². The molecule has 0 radical (unpaired) electrons. The zero-order chi connectivity index (χ0) is 32.6. The van der Waals surface area contributed by atoms with Gasteiger partial charge in [0.1, 0.15) is 16.7 Å². The maximum absolute atomic E-state index is 13.8. The van der Waals surface area contributed by atoms with Gasteiger partial charge in [0, 0.05) is 45.3 Å². The van der Waals surface area contributed by atoms with Gasteiger partial charge in [-0.15, -0.1) is 0 Å². The number of aromatic nitrogens is 3. The minimum Gasteiger partial charge on any atom is -0.446 e. The van der Waals surface area contributed by atoms with Crippen molar-refractivity contribution in [2.24, 2.45) is 18.0 Å². The molecule has 6 rings (SSSR count). The largest absolute Gasteiger partial charge is 0.446 e. The molecule has 3 aliphatic rings. The Labute approximate surface area is 267 Å². The fraction of sp³-hybridized carbons (Fsp3) is 0.367. The van der Waals surface area contributed by atoms with Crippen molar-refractivity contribution in [1.29, 1.82) is 5.41 Å². The van der Waals surface area contributed by atoms with Crippen molar-refractivity contribution in [1.82, 2.24) is 24.3 Å². The van der Waals surface area contributed by atoms with Crippen LogP contribution in [0.5, 0.6) is 5.75 Å². The van der Waals surface area contributed by atoms with E-state index in [0.29, 0.717) is 55.4 Å². The highest BCUT2D eigenvalue weighted by atomic mass is 35.5. The van der Waals surface area contributed by atoms with E-state index in [9.17, 15) is 18.0 Å². The first-order chi connectivity index (χ1) is 22.0. The number of pyridine rings is 1. The standard InChI is InChI=1S/C30H31ClF3N9O3/c1-41(28(44)18-3-4-18)24-15-36-21(13-37-24)22(12-35)46-23-14-38-27-26(25(23)31)42(2)29(40-27)39-20-10-17(9-19(11-20)30(32,33)34)16-43-5-7-45-8-6-43/h9-15,18,35-36H,3-8,16H2,1-2H3,(H,38,39,40)/p+1/b22-21+,35-12?. The molecule has 46 heavy (non-hydrogen) atoms. The van der Waals surface area contributed by atoms with Crippen LogP contribution in [0.15, 0.2) is 52.9 Å². The number of morpholine rings is 1. The first kappa shape index (κ1) is 31.7. The predicted octanol–water partition coefficient (Wildman–Crippen LogP) is 3.77. The molecule has 4 N–H and O–H groups in total. The Balaban J connectivity index is 1.23. The molecule has 2 aromatic heterocycles. The molecule has 2 fully saturated rings. The van der Waals surface area contributed by atoms with Crippen molar-refractivity contribution in [3.63, 3.8) is 0 Å². The Morgan fingerprint density at radius 2 is 2.04 bits per heavy atom. The monoisotopic (exact) mass is 658 g/mol. The molecule has 1 aliphatic carbocycles. The van der Waals surface area contributed by atoms with Gasteiger partial charge in [0.25, 0.3) is 0 Å². The fourth-order valence-electron chi connectivity index (χ4n) is 5.20. The van der Waals surface area contributed by atoms with Crippen LogP contribution in [-0.4, -0.2) is 76.0 Å². The van der Waals surface area contributed by atoms with Crippen LogP contribution >= 0.6 is 11.6 Å². The molecule has 0 atom stereocenters. The van der Waals surface area contributed by atoms with Crippen molar-refractivity contribution >= 4 is 52.7 Å². The summed E-state index contributed by atoms with van der Waals surface area (Å²) in [6.07, 6.45) is 2.77. The van der Waals surface area contributed by atoms with Crippen LogP contribution in [0.2, 0.25) is 5.02 Å². The van der Waals surface area contributed by atoms with E-state index in [1.807, 2.05) is 4.90 Å². The lowest BCUT2D eigenvalue weighted by atomic mass is 10.1. The molecular formula is C30H32ClF3N9O3+. The molecule has 16 heteroatoms. The number of aliphatic imine (C=N–C) groups is 1. The van der Waals surface area contributed by atoms with Gasteiger partial charge in [-0.25, -0.2) is 9.98 Å². The van der Waals surface area contributed by atoms with Gasteiger partial charge in [-0.2, -0.15) is 18.2 Å². The number of carbonyl (C=O) groups excluding carboxylic acids is 1. The summed E-state index contributed by atoms with van der Waals surface area (Å²) in [5.41, 5.74) is 1.04. The number of nitrogens with zero attached hydrogens (tertiary/aromatic N) is 6. The number of amides is 1. The normalized spacial score (nSPS) is 18.3. The Kier molecular flexibility index (Phi) is 8.83. The summed E-state index contributed by atoms with van der Waals surface area (Å²) < 4.78 is 54.4. The number of rotatable bonds is 9. The minimum absolute atomic E-state index is 0.0189. The highest BCUT2D eigenvalue weighted by molar-refractivity contribution is 6.36. The maximum atomic E-state index is 13.8. The quantitative estimate of drug-likeness (QED) is 0.235. The molecule has 12 nitrogen and oxygen atoms in total. The lowest BCUT2D eigenvalue weighted by Crippen LogP contribution is -2.78. The van der Waals surface area contributed by atoms with Crippen molar-refractivity contribution in [2.45, 2.75) is 25.6 Å². The van der Waals surface area contributed by atoms with Gasteiger partial charge in [-0.05, 0) is 36.6 Å². The van der Waals surface area contributed by atoms with Crippen molar-refractivity contribution in [2.75, 3.05) is 38.7 Å². The SMILES string of the molecule is CN(C(=O)C1CC1)C1=C[NH2+]/C(=C(\C=N)Oc2cnc3nc(Nc4cc(CN5CCOCC5)cc(C(F)(F)F)c4)n(C)c3c2Cl)C=N1. The van der Waals surface area contributed by atoms with Crippen LogP contribution in [0.25, 0.3) is 11.2 Å². The molecule has 1 saturated heterocycles. The van der Waals surface area contributed by atoms with E-state index in [4.69, 9.17) is 26.5 Å². The number of imidazole rings is 1. The van der Waals surface area contributed by atoms with E-state index in [2.05, 4.69) is 20.3 Å². The summed E-state index contributed by atoms with van der Waals surface area (Å²) in [6.45, 7) is 2.68. The Bertz CT molecular complexity index is 1780. The second kappa shape index (κ2) is 12.8. The average molecular weight is 659 g/mol. The van der Waals surface area contributed by atoms with E-state index in [1.54, 1.807) is 36.2 Å². The summed E-state index contributed by atoms with van der Waals surface area (Å²) in [5, 5.41) is 12.8. The van der Waals surface area contributed by atoms with E-state index >= 15 is 0 Å².